The Morgan fingerprint density at radius 2 is 2.18 bits per heavy atom. The molecule has 1 amide bonds. The number of aromatic nitrogens is 5. The van der Waals surface area contributed by atoms with Gasteiger partial charge in [-0.2, -0.15) is 10.2 Å². The zero-order chi connectivity index (χ0) is 15.2. The molecule has 2 aromatic rings. The number of nitrogens with zero attached hydrogens (tertiary/aromatic N) is 6. The molecule has 1 atom stereocenters. The summed E-state index contributed by atoms with van der Waals surface area (Å²) in [5, 5.41) is 8.32. The molecule has 0 bridgehead atoms. The van der Waals surface area contributed by atoms with Crippen molar-refractivity contribution in [3.8, 4) is 0 Å². The molecule has 7 heteroatoms. The van der Waals surface area contributed by atoms with Crippen molar-refractivity contribution in [2.75, 3.05) is 6.54 Å². The Labute approximate surface area is 129 Å². The highest BCUT2D eigenvalue weighted by Gasteiger charge is 2.26. The maximum Gasteiger partial charge on any atom is 0.222 e. The Morgan fingerprint density at radius 1 is 1.23 bits per heavy atom. The van der Waals surface area contributed by atoms with Crippen molar-refractivity contribution in [3.05, 3.63) is 31.1 Å². The van der Waals surface area contributed by atoms with E-state index in [0.29, 0.717) is 6.42 Å². The van der Waals surface area contributed by atoms with Gasteiger partial charge in [-0.1, -0.05) is 0 Å². The minimum absolute atomic E-state index is 0.247. The monoisotopic (exact) mass is 302 g/mol. The van der Waals surface area contributed by atoms with E-state index in [1.54, 1.807) is 17.2 Å². The highest BCUT2D eigenvalue weighted by atomic mass is 16.2. The van der Waals surface area contributed by atoms with Gasteiger partial charge >= 0.3 is 0 Å². The Kier molecular flexibility index (Phi) is 4.82. The van der Waals surface area contributed by atoms with Crippen molar-refractivity contribution in [3.63, 3.8) is 0 Å². The molecule has 0 radical (unpaired) electrons. The molecule has 0 aliphatic carbocycles. The molecule has 1 saturated heterocycles. The van der Waals surface area contributed by atoms with Crippen LogP contribution in [0.4, 0.5) is 0 Å². The van der Waals surface area contributed by atoms with Gasteiger partial charge < -0.3 is 4.90 Å². The minimum Gasteiger partial charge on any atom is -0.338 e. The summed E-state index contributed by atoms with van der Waals surface area (Å²) in [6.45, 7) is 2.40. The SMILES string of the molecule is O=C(CCCn1cncn1)N1CCCC[C@H]1Cn1cccn1. The van der Waals surface area contributed by atoms with Crippen LogP contribution in [0, 0.1) is 0 Å². The summed E-state index contributed by atoms with van der Waals surface area (Å²) in [7, 11) is 0. The minimum atomic E-state index is 0.247. The summed E-state index contributed by atoms with van der Waals surface area (Å²) in [4.78, 5) is 18.5. The molecule has 1 fully saturated rings. The van der Waals surface area contributed by atoms with E-state index in [-0.39, 0.29) is 11.9 Å². The van der Waals surface area contributed by atoms with E-state index in [9.17, 15) is 4.79 Å². The number of amides is 1. The van der Waals surface area contributed by atoms with Gasteiger partial charge in [-0.05, 0) is 31.7 Å². The molecular weight excluding hydrogens is 280 g/mol. The molecule has 0 unspecified atom stereocenters. The summed E-state index contributed by atoms with van der Waals surface area (Å²) in [6, 6.07) is 2.19. The standard InChI is InChI=1S/C15H22N6O/c22-15(6-3-8-20-13-16-12-18-20)21-10-2-1-5-14(21)11-19-9-4-7-17-19/h4,7,9,12-14H,1-3,5-6,8,10-11H2/t14-/m0/s1. The van der Waals surface area contributed by atoms with Gasteiger partial charge in [-0.3, -0.25) is 14.2 Å². The van der Waals surface area contributed by atoms with Crippen LogP contribution in [0.3, 0.4) is 0 Å². The van der Waals surface area contributed by atoms with E-state index in [0.717, 1.165) is 38.9 Å². The van der Waals surface area contributed by atoms with Crippen molar-refractivity contribution in [1.29, 1.82) is 0 Å². The number of likely N-dealkylation sites (tertiary alicyclic amines) is 1. The molecule has 3 heterocycles. The summed E-state index contributed by atoms with van der Waals surface area (Å²) in [6.07, 6.45) is 11.7. The highest BCUT2D eigenvalue weighted by Crippen LogP contribution is 2.19. The topological polar surface area (TPSA) is 68.8 Å². The first-order valence-corrected chi connectivity index (χ1v) is 7.92. The first kappa shape index (κ1) is 14.7. The predicted molar refractivity (Wildman–Crippen MR) is 80.8 cm³/mol. The molecule has 22 heavy (non-hydrogen) atoms. The molecule has 3 rings (SSSR count). The van der Waals surface area contributed by atoms with Crippen molar-refractivity contribution < 1.29 is 4.79 Å². The normalized spacial score (nSPS) is 18.5. The number of carbonyl (C=O) groups is 1. The number of piperidine rings is 1. The third-order valence-electron chi connectivity index (χ3n) is 4.15. The first-order valence-electron chi connectivity index (χ1n) is 7.92. The van der Waals surface area contributed by atoms with E-state index in [2.05, 4.69) is 15.2 Å². The lowest BCUT2D eigenvalue weighted by atomic mass is 10.0. The van der Waals surface area contributed by atoms with Crippen LogP contribution in [0.1, 0.15) is 32.1 Å². The van der Waals surface area contributed by atoms with Gasteiger partial charge in [0.25, 0.3) is 0 Å². The number of aryl methyl sites for hydroxylation is 1. The summed E-state index contributed by atoms with van der Waals surface area (Å²) < 4.78 is 3.69. The Hall–Kier alpha value is -2.18. The fourth-order valence-corrected chi connectivity index (χ4v) is 3.03. The third-order valence-corrected chi connectivity index (χ3v) is 4.15. The van der Waals surface area contributed by atoms with Crippen LogP contribution >= 0.6 is 0 Å². The second kappa shape index (κ2) is 7.20. The lowest BCUT2D eigenvalue weighted by Crippen LogP contribution is -2.45. The number of rotatable bonds is 6. The molecule has 2 aromatic heterocycles. The average Bonchev–Trinajstić information content (AvgIpc) is 3.21. The average molecular weight is 302 g/mol. The highest BCUT2D eigenvalue weighted by molar-refractivity contribution is 5.76. The smallest absolute Gasteiger partial charge is 0.222 e. The van der Waals surface area contributed by atoms with Gasteiger partial charge in [0, 0.05) is 31.9 Å². The molecule has 118 valence electrons. The van der Waals surface area contributed by atoms with Gasteiger partial charge in [-0.15, -0.1) is 0 Å². The first-order chi connectivity index (χ1) is 10.8. The molecule has 0 N–H and O–H groups in total. The van der Waals surface area contributed by atoms with Crippen molar-refractivity contribution in [1.82, 2.24) is 29.4 Å². The fourth-order valence-electron chi connectivity index (χ4n) is 3.03. The van der Waals surface area contributed by atoms with E-state index >= 15 is 0 Å². The Balaban J connectivity index is 1.52. The van der Waals surface area contributed by atoms with Crippen LogP contribution in [0.5, 0.6) is 0 Å². The fraction of sp³-hybridized carbons (Fsp3) is 0.600. The molecule has 0 saturated carbocycles. The molecule has 7 nitrogen and oxygen atoms in total. The second-order valence-electron chi connectivity index (χ2n) is 5.73. The zero-order valence-electron chi connectivity index (χ0n) is 12.7. The summed E-state index contributed by atoms with van der Waals surface area (Å²) in [5.74, 6) is 0.247. The molecule has 1 aliphatic rings. The van der Waals surface area contributed by atoms with E-state index < -0.39 is 0 Å². The van der Waals surface area contributed by atoms with Crippen LogP contribution in [0.15, 0.2) is 31.1 Å². The molecule has 0 aromatic carbocycles. The zero-order valence-corrected chi connectivity index (χ0v) is 12.7. The molecule has 1 aliphatic heterocycles. The quantitative estimate of drug-likeness (QED) is 0.807. The predicted octanol–water partition coefficient (Wildman–Crippen LogP) is 1.34. The van der Waals surface area contributed by atoms with Crippen LogP contribution < -0.4 is 0 Å². The van der Waals surface area contributed by atoms with E-state index in [4.69, 9.17) is 0 Å². The molecule has 0 spiro atoms. The maximum absolute atomic E-state index is 12.5. The van der Waals surface area contributed by atoms with Crippen LogP contribution in [-0.2, 0) is 17.9 Å². The van der Waals surface area contributed by atoms with Crippen LogP contribution in [0.2, 0.25) is 0 Å². The Morgan fingerprint density at radius 3 is 2.95 bits per heavy atom. The number of hydrogen-bond acceptors (Lipinski definition) is 4. The van der Waals surface area contributed by atoms with Crippen molar-refractivity contribution in [2.24, 2.45) is 0 Å². The summed E-state index contributed by atoms with van der Waals surface area (Å²) >= 11 is 0. The van der Waals surface area contributed by atoms with E-state index in [1.165, 1.54) is 12.7 Å². The Bertz CT molecular complexity index is 565. The maximum atomic E-state index is 12.5. The largest absolute Gasteiger partial charge is 0.338 e. The van der Waals surface area contributed by atoms with Crippen molar-refractivity contribution in [2.45, 2.75) is 51.2 Å². The lowest BCUT2D eigenvalue weighted by molar-refractivity contribution is -0.135. The van der Waals surface area contributed by atoms with Gasteiger partial charge in [-0.25, -0.2) is 4.98 Å². The number of carbonyl (C=O) groups excluding carboxylic acids is 1. The van der Waals surface area contributed by atoms with Gasteiger partial charge in [0.05, 0.1) is 12.6 Å². The third kappa shape index (κ3) is 3.72. The second-order valence-corrected chi connectivity index (χ2v) is 5.73. The molecular formula is C15H22N6O. The van der Waals surface area contributed by atoms with E-state index in [1.807, 2.05) is 21.8 Å². The lowest BCUT2D eigenvalue weighted by Gasteiger charge is -2.36. The van der Waals surface area contributed by atoms with Gasteiger partial charge in [0.2, 0.25) is 5.91 Å². The van der Waals surface area contributed by atoms with Crippen molar-refractivity contribution >= 4 is 5.91 Å². The van der Waals surface area contributed by atoms with Crippen LogP contribution in [-0.4, -0.2) is 47.9 Å². The van der Waals surface area contributed by atoms with Crippen LogP contribution in [0.25, 0.3) is 0 Å². The van der Waals surface area contributed by atoms with Gasteiger partial charge in [0.1, 0.15) is 12.7 Å². The summed E-state index contributed by atoms with van der Waals surface area (Å²) in [5.41, 5.74) is 0. The number of hydrogen-bond donors (Lipinski definition) is 0. The van der Waals surface area contributed by atoms with Gasteiger partial charge in [0.15, 0.2) is 0 Å².